The van der Waals surface area contributed by atoms with Crippen molar-refractivity contribution in [3.8, 4) is 0 Å². The number of benzene rings is 1. The fourth-order valence-electron chi connectivity index (χ4n) is 1.90. The molecule has 1 aliphatic heterocycles. The van der Waals surface area contributed by atoms with Crippen LogP contribution in [0.1, 0.15) is 18.4 Å². The summed E-state index contributed by atoms with van der Waals surface area (Å²) >= 11 is 0. The van der Waals surface area contributed by atoms with Gasteiger partial charge in [0.1, 0.15) is 0 Å². The molecule has 0 aliphatic carbocycles. The molecule has 0 radical (unpaired) electrons. The van der Waals surface area contributed by atoms with E-state index >= 15 is 0 Å². The predicted molar refractivity (Wildman–Crippen MR) is 63.9 cm³/mol. The number of rotatable bonds is 2. The van der Waals surface area contributed by atoms with Crippen molar-refractivity contribution >= 4 is 11.7 Å². The molecule has 1 fully saturated rings. The van der Waals surface area contributed by atoms with Crippen LogP contribution in [0.15, 0.2) is 24.3 Å². The van der Waals surface area contributed by atoms with Crippen molar-refractivity contribution in [3.05, 3.63) is 29.8 Å². The molecule has 0 spiro atoms. The number of urea groups is 1. The minimum absolute atomic E-state index is 0.0146. The second-order valence-electron chi connectivity index (χ2n) is 4.05. The van der Waals surface area contributed by atoms with Crippen molar-refractivity contribution in [2.45, 2.75) is 19.4 Å². The number of anilines is 1. The van der Waals surface area contributed by atoms with E-state index < -0.39 is 0 Å². The Morgan fingerprint density at radius 3 is 2.69 bits per heavy atom. The number of para-hydroxylation sites is 1. The maximum Gasteiger partial charge on any atom is 0.317 e. The van der Waals surface area contributed by atoms with Crippen molar-refractivity contribution in [2.75, 3.05) is 18.8 Å². The molecule has 2 amide bonds. The standard InChI is InChI=1S/C12H17N3O/c13-11-6-2-1-5-10(11)9-14-12(16)15-7-3-4-8-15/h1-2,5-6H,3-4,7-9,13H2,(H,14,16). The fraction of sp³-hybridized carbons (Fsp3) is 0.417. The zero-order valence-corrected chi connectivity index (χ0v) is 9.28. The third kappa shape index (κ3) is 2.45. The van der Waals surface area contributed by atoms with E-state index in [0.29, 0.717) is 6.54 Å². The van der Waals surface area contributed by atoms with Crippen LogP contribution in [0.4, 0.5) is 10.5 Å². The number of nitrogens with zero attached hydrogens (tertiary/aromatic N) is 1. The number of amides is 2. The number of carbonyl (C=O) groups is 1. The number of nitrogen functional groups attached to an aromatic ring is 1. The van der Waals surface area contributed by atoms with Crippen molar-refractivity contribution in [2.24, 2.45) is 0 Å². The molecule has 0 bridgehead atoms. The summed E-state index contributed by atoms with van der Waals surface area (Å²) in [5, 5.41) is 2.89. The van der Waals surface area contributed by atoms with Gasteiger partial charge in [-0.15, -0.1) is 0 Å². The molecule has 1 heterocycles. The van der Waals surface area contributed by atoms with Crippen LogP contribution in [-0.2, 0) is 6.54 Å². The van der Waals surface area contributed by atoms with Gasteiger partial charge in [0, 0.05) is 25.3 Å². The second kappa shape index (κ2) is 4.88. The number of carbonyl (C=O) groups excluding carboxylic acids is 1. The van der Waals surface area contributed by atoms with Crippen molar-refractivity contribution < 1.29 is 4.79 Å². The van der Waals surface area contributed by atoms with E-state index in [4.69, 9.17) is 5.73 Å². The van der Waals surface area contributed by atoms with Gasteiger partial charge in [-0.1, -0.05) is 18.2 Å². The minimum atomic E-state index is 0.0146. The van der Waals surface area contributed by atoms with Gasteiger partial charge in [0.2, 0.25) is 0 Å². The molecular formula is C12H17N3O. The number of likely N-dealkylation sites (tertiary alicyclic amines) is 1. The average molecular weight is 219 g/mol. The zero-order chi connectivity index (χ0) is 11.4. The fourth-order valence-corrected chi connectivity index (χ4v) is 1.90. The molecule has 4 heteroatoms. The van der Waals surface area contributed by atoms with Gasteiger partial charge in [0.25, 0.3) is 0 Å². The van der Waals surface area contributed by atoms with Gasteiger partial charge in [0.05, 0.1) is 0 Å². The summed E-state index contributed by atoms with van der Waals surface area (Å²) in [6.45, 7) is 2.24. The highest BCUT2D eigenvalue weighted by molar-refractivity contribution is 5.74. The van der Waals surface area contributed by atoms with E-state index in [1.807, 2.05) is 29.2 Å². The lowest BCUT2D eigenvalue weighted by Crippen LogP contribution is -2.37. The van der Waals surface area contributed by atoms with Crippen molar-refractivity contribution in [1.82, 2.24) is 10.2 Å². The number of nitrogens with one attached hydrogen (secondary N) is 1. The predicted octanol–water partition coefficient (Wildman–Crippen LogP) is 1.57. The summed E-state index contributed by atoms with van der Waals surface area (Å²) in [7, 11) is 0. The topological polar surface area (TPSA) is 58.4 Å². The molecule has 3 N–H and O–H groups in total. The monoisotopic (exact) mass is 219 g/mol. The molecule has 0 saturated carbocycles. The quantitative estimate of drug-likeness (QED) is 0.742. The number of hydrogen-bond donors (Lipinski definition) is 2. The first-order valence-corrected chi connectivity index (χ1v) is 5.63. The van der Waals surface area contributed by atoms with Crippen LogP contribution in [0.25, 0.3) is 0 Å². The van der Waals surface area contributed by atoms with Crippen LogP contribution in [-0.4, -0.2) is 24.0 Å². The molecule has 1 aliphatic rings. The zero-order valence-electron chi connectivity index (χ0n) is 9.28. The molecule has 1 aromatic rings. The van der Waals surface area contributed by atoms with E-state index in [9.17, 15) is 4.79 Å². The van der Waals surface area contributed by atoms with Crippen LogP contribution >= 0.6 is 0 Å². The summed E-state index contributed by atoms with van der Waals surface area (Å²) in [5.41, 5.74) is 7.49. The van der Waals surface area contributed by atoms with Crippen LogP contribution in [0.3, 0.4) is 0 Å². The summed E-state index contributed by atoms with van der Waals surface area (Å²) in [6.07, 6.45) is 2.22. The molecule has 16 heavy (non-hydrogen) atoms. The normalized spacial score (nSPS) is 15.1. The Morgan fingerprint density at radius 2 is 2.00 bits per heavy atom. The van der Waals surface area contributed by atoms with E-state index in [-0.39, 0.29) is 6.03 Å². The molecule has 1 aromatic carbocycles. The molecule has 4 nitrogen and oxygen atoms in total. The van der Waals surface area contributed by atoms with E-state index in [1.54, 1.807) is 0 Å². The lowest BCUT2D eigenvalue weighted by Gasteiger charge is -2.16. The third-order valence-corrected chi connectivity index (χ3v) is 2.88. The third-order valence-electron chi connectivity index (χ3n) is 2.88. The van der Waals surface area contributed by atoms with Gasteiger partial charge >= 0.3 is 6.03 Å². The molecular weight excluding hydrogens is 202 g/mol. The highest BCUT2D eigenvalue weighted by Crippen LogP contribution is 2.11. The molecule has 0 aromatic heterocycles. The molecule has 2 rings (SSSR count). The smallest absolute Gasteiger partial charge is 0.317 e. The summed E-state index contributed by atoms with van der Waals surface area (Å²) in [4.78, 5) is 13.6. The Balaban J connectivity index is 1.87. The van der Waals surface area contributed by atoms with Crippen molar-refractivity contribution in [3.63, 3.8) is 0 Å². The average Bonchev–Trinajstić information content (AvgIpc) is 2.81. The first-order chi connectivity index (χ1) is 7.77. The highest BCUT2D eigenvalue weighted by atomic mass is 16.2. The van der Waals surface area contributed by atoms with Gasteiger partial charge in [0.15, 0.2) is 0 Å². The Morgan fingerprint density at radius 1 is 1.31 bits per heavy atom. The second-order valence-corrected chi connectivity index (χ2v) is 4.05. The van der Waals surface area contributed by atoms with E-state index in [2.05, 4.69) is 5.32 Å². The molecule has 0 unspecified atom stereocenters. The first-order valence-electron chi connectivity index (χ1n) is 5.63. The largest absolute Gasteiger partial charge is 0.398 e. The van der Waals surface area contributed by atoms with Gasteiger partial charge in [-0.3, -0.25) is 0 Å². The van der Waals surface area contributed by atoms with Crippen LogP contribution in [0, 0.1) is 0 Å². The van der Waals surface area contributed by atoms with Gasteiger partial charge in [-0.05, 0) is 24.5 Å². The Hall–Kier alpha value is -1.71. The van der Waals surface area contributed by atoms with Crippen LogP contribution in [0.2, 0.25) is 0 Å². The molecule has 86 valence electrons. The van der Waals surface area contributed by atoms with Gasteiger partial charge in [-0.25, -0.2) is 4.79 Å². The van der Waals surface area contributed by atoms with Gasteiger partial charge in [-0.2, -0.15) is 0 Å². The number of nitrogens with two attached hydrogens (primary N) is 1. The lowest BCUT2D eigenvalue weighted by molar-refractivity contribution is 0.208. The summed E-state index contributed by atoms with van der Waals surface area (Å²) in [5.74, 6) is 0. The summed E-state index contributed by atoms with van der Waals surface area (Å²) < 4.78 is 0. The molecule has 1 saturated heterocycles. The minimum Gasteiger partial charge on any atom is -0.398 e. The number of hydrogen-bond acceptors (Lipinski definition) is 2. The maximum atomic E-state index is 11.7. The van der Waals surface area contributed by atoms with Crippen LogP contribution < -0.4 is 11.1 Å². The SMILES string of the molecule is Nc1ccccc1CNC(=O)N1CCCC1. The van der Waals surface area contributed by atoms with Crippen LogP contribution in [0.5, 0.6) is 0 Å². The van der Waals surface area contributed by atoms with E-state index in [1.165, 1.54) is 0 Å². The van der Waals surface area contributed by atoms with Crippen molar-refractivity contribution in [1.29, 1.82) is 0 Å². The Bertz CT molecular complexity index is 372. The highest BCUT2D eigenvalue weighted by Gasteiger charge is 2.17. The first kappa shape index (κ1) is 10.8. The van der Waals surface area contributed by atoms with Gasteiger partial charge < -0.3 is 16.0 Å². The van der Waals surface area contributed by atoms with E-state index in [0.717, 1.165) is 37.2 Å². The molecule has 0 atom stereocenters. The summed E-state index contributed by atoms with van der Waals surface area (Å²) in [6, 6.07) is 7.60. The maximum absolute atomic E-state index is 11.7. The lowest BCUT2D eigenvalue weighted by atomic mass is 10.2. The Labute approximate surface area is 95.4 Å². The Kier molecular flexibility index (Phi) is 3.29.